The first-order chi connectivity index (χ1) is 10.1. The Hall–Kier alpha value is -2.22. The van der Waals surface area contributed by atoms with Crippen molar-refractivity contribution in [2.45, 2.75) is 20.3 Å². The summed E-state index contributed by atoms with van der Waals surface area (Å²) in [6.07, 6.45) is 0.703. The Morgan fingerprint density at radius 2 is 2.14 bits per heavy atom. The van der Waals surface area contributed by atoms with Gasteiger partial charge in [0.25, 0.3) is 0 Å². The molecule has 2 rings (SSSR count). The van der Waals surface area contributed by atoms with E-state index in [1.165, 1.54) is 6.07 Å². The van der Waals surface area contributed by atoms with Crippen molar-refractivity contribution in [2.24, 2.45) is 0 Å². The molecule has 0 radical (unpaired) electrons. The van der Waals surface area contributed by atoms with Gasteiger partial charge in [0.1, 0.15) is 5.82 Å². The number of nitro groups is 1. The van der Waals surface area contributed by atoms with Crippen molar-refractivity contribution in [3.63, 3.8) is 0 Å². The highest BCUT2D eigenvalue weighted by atomic mass is 32.1. The third kappa shape index (κ3) is 4.12. The van der Waals surface area contributed by atoms with Gasteiger partial charge in [-0.05, 0) is 19.9 Å². The maximum Gasteiger partial charge on any atom is 0.311 e. The van der Waals surface area contributed by atoms with Crippen molar-refractivity contribution in [3.05, 3.63) is 38.3 Å². The molecule has 2 heterocycles. The summed E-state index contributed by atoms with van der Waals surface area (Å²) in [7, 11) is 0. The average molecular weight is 307 g/mol. The van der Waals surface area contributed by atoms with Crippen LogP contribution in [0.4, 0.5) is 17.3 Å². The Kier molecular flexibility index (Phi) is 5.04. The standard InChI is InChI=1S/C13H17N5O2S/c1-3-14-12-5-4-11(18(19)20)13(17-12)15-7-6-10-8-21-9(2)16-10/h4-5,8H,3,6-7H2,1-2H3,(H2,14,15,17). The lowest BCUT2D eigenvalue weighted by Gasteiger charge is -2.08. The van der Waals surface area contributed by atoms with E-state index in [1.807, 2.05) is 19.2 Å². The molecule has 0 unspecified atom stereocenters. The van der Waals surface area contributed by atoms with E-state index < -0.39 is 4.92 Å². The van der Waals surface area contributed by atoms with Crippen LogP contribution in [0.2, 0.25) is 0 Å². The Bertz CT molecular complexity index is 629. The van der Waals surface area contributed by atoms with Gasteiger partial charge in [-0.3, -0.25) is 10.1 Å². The smallest absolute Gasteiger partial charge is 0.311 e. The summed E-state index contributed by atoms with van der Waals surface area (Å²) < 4.78 is 0. The van der Waals surface area contributed by atoms with Crippen molar-refractivity contribution < 1.29 is 4.92 Å². The molecule has 0 atom stereocenters. The van der Waals surface area contributed by atoms with Crippen molar-refractivity contribution in [3.8, 4) is 0 Å². The molecule has 0 fully saturated rings. The lowest BCUT2D eigenvalue weighted by Crippen LogP contribution is -2.10. The lowest BCUT2D eigenvalue weighted by molar-refractivity contribution is -0.384. The summed E-state index contributed by atoms with van der Waals surface area (Å²) in [5.41, 5.74) is 0.960. The molecule has 0 amide bonds. The highest BCUT2D eigenvalue weighted by molar-refractivity contribution is 7.09. The molecule has 2 N–H and O–H groups in total. The van der Waals surface area contributed by atoms with Crippen molar-refractivity contribution in [2.75, 3.05) is 23.7 Å². The zero-order valence-corrected chi connectivity index (χ0v) is 12.7. The molecule has 8 heteroatoms. The maximum absolute atomic E-state index is 11.0. The van der Waals surface area contributed by atoms with Crippen LogP contribution >= 0.6 is 11.3 Å². The third-order valence-electron chi connectivity index (χ3n) is 2.77. The average Bonchev–Trinajstić information content (AvgIpc) is 2.85. The Morgan fingerprint density at radius 3 is 2.76 bits per heavy atom. The lowest BCUT2D eigenvalue weighted by atomic mass is 10.3. The number of nitrogens with one attached hydrogen (secondary N) is 2. The van der Waals surface area contributed by atoms with Crippen LogP contribution in [0.15, 0.2) is 17.5 Å². The minimum atomic E-state index is -0.432. The summed E-state index contributed by atoms with van der Waals surface area (Å²) in [4.78, 5) is 19.2. The van der Waals surface area contributed by atoms with Gasteiger partial charge in [-0.2, -0.15) is 0 Å². The number of nitrogens with zero attached hydrogens (tertiary/aromatic N) is 3. The van der Waals surface area contributed by atoms with E-state index in [9.17, 15) is 10.1 Å². The molecule has 2 aromatic rings. The van der Waals surface area contributed by atoms with Gasteiger partial charge < -0.3 is 10.6 Å². The second-order valence-electron chi connectivity index (χ2n) is 4.39. The van der Waals surface area contributed by atoms with Crippen LogP contribution in [0.25, 0.3) is 0 Å². The molecule has 0 spiro atoms. The van der Waals surface area contributed by atoms with E-state index in [0.717, 1.165) is 10.7 Å². The molecule has 0 aromatic carbocycles. The minimum absolute atomic E-state index is 0.0221. The van der Waals surface area contributed by atoms with Crippen LogP contribution in [0, 0.1) is 17.0 Å². The number of hydrogen-bond acceptors (Lipinski definition) is 7. The minimum Gasteiger partial charge on any atom is -0.370 e. The van der Waals surface area contributed by atoms with Crippen LogP contribution in [0.3, 0.4) is 0 Å². The molecule has 0 saturated heterocycles. The molecule has 0 aliphatic heterocycles. The van der Waals surface area contributed by atoms with Gasteiger partial charge in [-0.25, -0.2) is 9.97 Å². The molecule has 21 heavy (non-hydrogen) atoms. The van der Waals surface area contributed by atoms with Gasteiger partial charge in [0.05, 0.1) is 15.6 Å². The number of aryl methyl sites for hydroxylation is 1. The molecular formula is C13H17N5O2S. The van der Waals surface area contributed by atoms with Gasteiger partial charge in [-0.1, -0.05) is 0 Å². The molecular weight excluding hydrogens is 290 g/mol. The van der Waals surface area contributed by atoms with Crippen LogP contribution in [0.5, 0.6) is 0 Å². The van der Waals surface area contributed by atoms with E-state index in [2.05, 4.69) is 20.6 Å². The van der Waals surface area contributed by atoms with E-state index >= 15 is 0 Å². The van der Waals surface area contributed by atoms with Crippen LogP contribution < -0.4 is 10.6 Å². The third-order valence-corrected chi connectivity index (χ3v) is 3.59. The normalized spacial score (nSPS) is 10.4. The number of anilines is 2. The monoisotopic (exact) mass is 307 g/mol. The number of pyridine rings is 1. The number of rotatable bonds is 7. The first-order valence-electron chi connectivity index (χ1n) is 6.64. The second-order valence-corrected chi connectivity index (χ2v) is 5.45. The molecule has 0 aliphatic carbocycles. The van der Waals surface area contributed by atoms with Gasteiger partial charge >= 0.3 is 5.69 Å². The predicted molar refractivity (Wildman–Crippen MR) is 84.1 cm³/mol. The fraction of sp³-hybridized carbons (Fsp3) is 0.385. The van der Waals surface area contributed by atoms with Crippen LogP contribution in [0.1, 0.15) is 17.6 Å². The first kappa shape index (κ1) is 15.2. The van der Waals surface area contributed by atoms with Gasteiger partial charge in [0.2, 0.25) is 5.82 Å². The molecule has 0 saturated carbocycles. The van der Waals surface area contributed by atoms with Gasteiger partial charge in [0, 0.05) is 31.0 Å². The second kappa shape index (κ2) is 6.98. The zero-order valence-electron chi connectivity index (χ0n) is 11.9. The van der Waals surface area contributed by atoms with Gasteiger partial charge in [-0.15, -0.1) is 11.3 Å². The molecule has 112 valence electrons. The molecule has 7 nitrogen and oxygen atoms in total. The topological polar surface area (TPSA) is 93.0 Å². The molecule has 0 bridgehead atoms. The highest BCUT2D eigenvalue weighted by Crippen LogP contribution is 2.24. The van der Waals surface area contributed by atoms with Gasteiger partial charge in [0.15, 0.2) is 0 Å². The molecule has 0 aliphatic rings. The number of hydrogen-bond donors (Lipinski definition) is 2. The Morgan fingerprint density at radius 1 is 1.33 bits per heavy atom. The summed E-state index contributed by atoms with van der Waals surface area (Å²) in [6, 6.07) is 3.07. The van der Waals surface area contributed by atoms with Crippen LogP contribution in [-0.4, -0.2) is 28.0 Å². The van der Waals surface area contributed by atoms with Crippen molar-refractivity contribution >= 4 is 28.7 Å². The van der Waals surface area contributed by atoms with E-state index in [-0.39, 0.29) is 11.5 Å². The number of aromatic nitrogens is 2. The Balaban J connectivity index is 2.05. The SMILES string of the molecule is CCNc1ccc([N+](=O)[O-])c(NCCc2csc(C)n2)n1. The number of thiazole rings is 1. The fourth-order valence-corrected chi connectivity index (χ4v) is 2.49. The Labute approximate surface area is 126 Å². The van der Waals surface area contributed by atoms with Crippen molar-refractivity contribution in [1.29, 1.82) is 0 Å². The highest BCUT2D eigenvalue weighted by Gasteiger charge is 2.15. The summed E-state index contributed by atoms with van der Waals surface area (Å²) in [5, 5.41) is 20.1. The van der Waals surface area contributed by atoms with Crippen molar-refractivity contribution in [1.82, 2.24) is 9.97 Å². The maximum atomic E-state index is 11.0. The quantitative estimate of drug-likeness (QED) is 0.603. The predicted octanol–water partition coefficient (Wildman–Crippen LogP) is 2.84. The molecule has 2 aromatic heterocycles. The first-order valence-corrected chi connectivity index (χ1v) is 7.52. The largest absolute Gasteiger partial charge is 0.370 e. The summed E-state index contributed by atoms with van der Waals surface area (Å²) in [5.74, 6) is 0.903. The van der Waals surface area contributed by atoms with E-state index in [4.69, 9.17) is 0 Å². The summed E-state index contributed by atoms with van der Waals surface area (Å²) in [6.45, 7) is 5.16. The van der Waals surface area contributed by atoms with E-state index in [0.29, 0.717) is 25.3 Å². The fourth-order valence-electron chi connectivity index (χ4n) is 1.84. The van der Waals surface area contributed by atoms with Crippen LogP contribution in [-0.2, 0) is 6.42 Å². The zero-order chi connectivity index (χ0) is 15.2. The summed E-state index contributed by atoms with van der Waals surface area (Å²) >= 11 is 1.60. The van der Waals surface area contributed by atoms with E-state index in [1.54, 1.807) is 17.4 Å².